The highest BCUT2D eigenvalue weighted by Gasteiger charge is 2.23. The van der Waals surface area contributed by atoms with Crippen LogP contribution in [0.3, 0.4) is 0 Å². The summed E-state index contributed by atoms with van der Waals surface area (Å²) in [6.45, 7) is 5.56. The Hall–Kier alpha value is -1.23. The van der Waals surface area contributed by atoms with Crippen LogP contribution >= 0.6 is 11.3 Å². The van der Waals surface area contributed by atoms with Crippen molar-refractivity contribution in [1.29, 1.82) is 0 Å². The zero-order valence-corrected chi connectivity index (χ0v) is 14.0. The summed E-state index contributed by atoms with van der Waals surface area (Å²) in [6, 6.07) is 8.30. The highest BCUT2D eigenvalue weighted by molar-refractivity contribution is 7.09. The van der Waals surface area contributed by atoms with Crippen LogP contribution in [0, 0.1) is 0 Å². The second kappa shape index (κ2) is 7.36. The van der Waals surface area contributed by atoms with Crippen LogP contribution in [0.5, 0.6) is 0 Å². The summed E-state index contributed by atoms with van der Waals surface area (Å²) in [5.74, 6) is 0.593. The van der Waals surface area contributed by atoms with Crippen LogP contribution in [0.25, 0.3) is 0 Å². The van der Waals surface area contributed by atoms with Gasteiger partial charge in [-0.25, -0.2) is 4.98 Å². The third-order valence-electron chi connectivity index (χ3n) is 4.40. The number of hydrogen-bond donors (Lipinski definition) is 1. The molecule has 1 aliphatic rings. The molecule has 1 unspecified atom stereocenters. The number of rotatable bonds is 5. The fourth-order valence-corrected chi connectivity index (χ4v) is 4.11. The molecule has 0 bridgehead atoms. The van der Waals surface area contributed by atoms with Crippen molar-refractivity contribution >= 4 is 11.3 Å². The van der Waals surface area contributed by atoms with Gasteiger partial charge in [-0.3, -0.25) is 4.90 Å². The van der Waals surface area contributed by atoms with Gasteiger partial charge in [0.1, 0.15) is 0 Å². The van der Waals surface area contributed by atoms with Gasteiger partial charge in [0.2, 0.25) is 0 Å². The maximum atomic E-state index is 9.12. The second-order valence-corrected chi connectivity index (χ2v) is 6.97. The number of likely N-dealkylation sites (tertiary alicyclic amines) is 1. The van der Waals surface area contributed by atoms with Crippen LogP contribution in [0.4, 0.5) is 0 Å². The van der Waals surface area contributed by atoms with Crippen LogP contribution in [0.1, 0.15) is 47.5 Å². The van der Waals surface area contributed by atoms with E-state index in [0.717, 1.165) is 25.1 Å². The highest BCUT2D eigenvalue weighted by Crippen LogP contribution is 2.30. The minimum Gasteiger partial charge on any atom is -0.392 e. The van der Waals surface area contributed by atoms with Crippen LogP contribution in [0.2, 0.25) is 0 Å². The quantitative estimate of drug-likeness (QED) is 0.916. The topological polar surface area (TPSA) is 36.4 Å². The molecule has 1 N–H and O–H groups in total. The third-order valence-corrected chi connectivity index (χ3v) is 5.45. The fraction of sp³-hybridized carbons (Fsp3) is 0.500. The Labute approximate surface area is 136 Å². The third kappa shape index (κ3) is 3.75. The summed E-state index contributed by atoms with van der Waals surface area (Å²) in [5, 5.41) is 12.6. The van der Waals surface area contributed by atoms with E-state index in [4.69, 9.17) is 10.1 Å². The van der Waals surface area contributed by atoms with Crippen LogP contribution in [0.15, 0.2) is 29.6 Å². The van der Waals surface area contributed by atoms with Crippen molar-refractivity contribution in [2.75, 3.05) is 13.1 Å². The number of benzene rings is 1. The summed E-state index contributed by atoms with van der Waals surface area (Å²) in [4.78, 5) is 7.32. The lowest BCUT2D eigenvalue weighted by molar-refractivity contribution is 0.200. The van der Waals surface area contributed by atoms with E-state index < -0.39 is 0 Å². The molecule has 1 aliphatic heterocycles. The zero-order chi connectivity index (χ0) is 15.4. The van der Waals surface area contributed by atoms with E-state index in [0.29, 0.717) is 5.92 Å². The molecule has 0 spiro atoms. The monoisotopic (exact) mass is 316 g/mol. The highest BCUT2D eigenvalue weighted by atomic mass is 32.1. The molecule has 3 nitrogen and oxygen atoms in total. The van der Waals surface area contributed by atoms with Crippen molar-refractivity contribution in [2.45, 2.75) is 45.3 Å². The fourth-order valence-electron chi connectivity index (χ4n) is 3.08. The molecule has 0 aliphatic carbocycles. The lowest BCUT2D eigenvalue weighted by Gasteiger charge is -2.31. The van der Waals surface area contributed by atoms with Gasteiger partial charge in [-0.05, 0) is 36.9 Å². The maximum absolute atomic E-state index is 9.12. The molecule has 118 valence electrons. The molecule has 4 heteroatoms. The van der Waals surface area contributed by atoms with E-state index in [1.54, 1.807) is 0 Å². The van der Waals surface area contributed by atoms with E-state index in [-0.39, 0.29) is 6.61 Å². The van der Waals surface area contributed by atoms with Crippen molar-refractivity contribution in [3.63, 3.8) is 0 Å². The molecule has 1 saturated heterocycles. The van der Waals surface area contributed by atoms with Crippen molar-refractivity contribution < 1.29 is 5.11 Å². The Balaban J connectivity index is 1.62. The molecule has 22 heavy (non-hydrogen) atoms. The summed E-state index contributed by atoms with van der Waals surface area (Å²) in [5.41, 5.74) is 3.54. The largest absolute Gasteiger partial charge is 0.392 e. The van der Waals surface area contributed by atoms with Gasteiger partial charge in [0.25, 0.3) is 0 Å². The predicted molar refractivity (Wildman–Crippen MR) is 91.1 cm³/mol. The number of thiazole rings is 1. The zero-order valence-electron chi connectivity index (χ0n) is 13.2. The van der Waals surface area contributed by atoms with Crippen molar-refractivity contribution in [1.82, 2.24) is 9.88 Å². The van der Waals surface area contributed by atoms with Gasteiger partial charge < -0.3 is 5.11 Å². The van der Waals surface area contributed by atoms with E-state index >= 15 is 0 Å². The number of aliphatic hydroxyl groups excluding tert-OH is 1. The minimum absolute atomic E-state index is 0.121. The predicted octanol–water partition coefficient (Wildman–Crippen LogP) is 3.58. The number of aryl methyl sites for hydroxylation is 1. The molecule has 1 fully saturated rings. The first kappa shape index (κ1) is 15.7. The van der Waals surface area contributed by atoms with E-state index in [9.17, 15) is 0 Å². The molecule has 3 rings (SSSR count). The first-order valence-electron chi connectivity index (χ1n) is 8.13. The molecule has 0 amide bonds. The Morgan fingerprint density at radius 3 is 2.73 bits per heavy atom. The molecule has 0 radical (unpaired) electrons. The Morgan fingerprint density at radius 2 is 2.05 bits per heavy atom. The van der Waals surface area contributed by atoms with E-state index in [2.05, 4.69) is 29.3 Å². The van der Waals surface area contributed by atoms with Gasteiger partial charge >= 0.3 is 0 Å². The molecule has 1 aromatic carbocycles. The first-order chi connectivity index (χ1) is 10.8. The Kier molecular flexibility index (Phi) is 5.24. The molecular formula is C18H24N2OS. The van der Waals surface area contributed by atoms with Gasteiger partial charge in [0.05, 0.1) is 17.3 Å². The van der Waals surface area contributed by atoms with Crippen LogP contribution in [-0.4, -0.2) is 28.1 Å². The molecular weight excluding hydrogens is 292 g/mol. The van der Waals surface area contributed by atoms with Crippen molar-refractivity contribution in [3.8, 4) is 0 Å². The Bertz CT molecular complexity index is 593. The molecule has 0 saturated carbocycles. The van der Waals surface area contributed by atoms with Gasteiger partial charge in [0.15, 0.2) is 0 Å². The number of aliphatic hydroxyl groups is 1. The van der Waals surface area contributed by atoms with E-state index in [1.807, 2.05) is 23.5 Å². The SMILES string of the molecule is CCc1csc(C2CCCN(Cc3ccc(CO)cc3)C2)n1. The normalized spacial score (nSPS) is 19.5. The van der Waals surface area contributed by atoms with Crippen molar-refractivity contribution in [2.24, 2.45) is 0 Å². The molecule has 1 aromatic heterocycles. The molecule has 2 aromatic rings. The lowest BCUT2D eigenvalue weighted by Crippen LogP contribution is -2.33. The minimum atomic E-state index is 0.121. The smallest absolute Gasteiger partial charge is 0.0972 e. The van der Waals surface area contributed by atoms with Crippen molar-refractivity contribution in [3.05, 3.63) is 51.5 Å². The average molecular weight is 316 g/mol. The number of aromatic nitrogens is 1. The molecule has 1 atom stereocenters. The van der Waals surface area contributed by atoms with Gasteiger partial charge in [-0.15, -0.1) is 11.3 Å². The van der Waals surface area contributed by atoms with Crippen LogP contribution in [-0.2, 0) is 19.6 Å². The average Bonchev–Trinajstić information content (AvgIpc) is 3.05. The first-order valence-corrected chi connectivity index (χ1v) is 9.01. The lowest BCUT2D eigenvalue weighted by atomic mass is 9.98. The van der Waals surface area contributed by atoms with Gasteiger partial charge in [0, 0.05) is 24.4 Å². The number of nitrogens with zero attached hydrogens (tertiary/aromatic N) is 2. The Morgan fingerprint density at radius 1 is 1.27 bits per heavy atom. The summed E-state index contributed by atoms with van der Waals surface area (Å²) in [6.07, 6.45) is 3.54. The number of hydrogen-bond acceptors (Lipinski definition) is 4. The number of piperidine rings is 1. The summed E-state index contributed by atoms with van der Waals surface area (Å²) < 4.78 is 0. The summed E-state index contributed by atoms with van der Waals surface area (Å²) in [7, 11) is 0. The molecule has 2 heterocycles. The standard InChI is InChI=1S/C18H24N2OS/c1-2-17-13-22-18(19-17)16-4-3-9-20(11-16)10-14-5-7-15(12-21)8-6-14/h5-8,13,16,21H,2-4,9-12H2,1H3. The second-order valence-electron chi connectivity index (χ2n) is 6.08. The van der Waals surface area contributed by atoms with E-state index in [1.165, 1.54) is 35.7 Å². The van der Waals surface area contributed by atoms with Gasteiger partial charge in [-0.2, -0.15) is 0 Å². The summed E-state index contributed by atoms with van der Waals surface area (Å²) >= 11 is 1.83. The maximum Gasteiger partial charge on any atom is 0.0972 e. The van der Waals surface area contributed by atoms with Crippen LogP contribution < -0.4 is 0 Å². The van der Waals surface area contributed by atoms with Gasteiger partial charge in [-0.1, -0.05) is 31.2 Å².